The van der Waals surface area contributed by atoms with Gasteiger partial charge in [-0.2, -0.15) is 13.2 Å². The molecule has 36 heavy (non-hydrogen) atoms. The largest absolute Gasteiger partial charge is 0.408 e. The van der Waals surface area contributed by atoms with Gasteiger partial charge in [-0.15, -0.1) is 0 Å². The number of piperidine rings is 1. The predicted octanol–water partition coefficient (Wildman–Crippen LogP) is 5.82. The number of hydrogen-bond acceptors (Lipinski definition) is 3. The monoisotopic (exact) mass is 496 g/mol. The molecule has 190 valence electrons. The number of nitrogens with zero attached hydrogens (tertiary/aromatic N) is 2. The summed E-state index contributed by atoms with van der Waals surface area (Å²) in [4.78, 5) is 14.5. The van der Waals surface area contributed by atoms with Gasteiger partial charge in [-0.3, -0.25) is 9.69 Å². The lowest BCUT2D eigenvalue weighted by Gasteiger charge is -2.54. The van der Waals surface area contributed by atoms with E-state index in [9.17, 15) is 23.1 Å². The number of aliphatic hydroxyl groups is 1. The van der Waals surface area contributed by atoms with Crippen LogP contribution < -0.4 is 5.56 Å². The van der Waals surface area contributed by atoms with E-state index in [0.29, 0.717) is 12.8 Å². The fraction of sp³-hybridized carbons (Fsp3) is 0.414. The molecule has 2 aromatic carbocycles. The second kappa shape index (κ2) is 9.52. The van der Waals surface area contributed by atoms with Gasteiger partial charge in [-0.25, -0.2) is 0 Å². The highest BCUT2D eigenvalue weighted by Crippen LogP contribution is 2.54. The summed E-state index contributed by atoms with van der Waals surface area (Å²) in [6.07, 6.45) is 0.465. The highest BCUT2D eigenvalue weighted by Gasteiger charge is 2.58. The van der Waals surface area contributed by atoms with Crippen molar-refractivity contribution in [3.05, 3.63) is 94.9 Å². The second-order valence-corrected chi connectivity index (χ2v) is 10.3. The van der Waals surface area contributed by atoms with Crippen LogP contribution in [0.2, 0.25) is 0 Å². The Balaban J connectivity index is 1.43. The number of likely N-dealkylation sites (tertiary alicyclic amines) is 1. The summed E-state index contributed by atoms with van der Waals surface area (Å²) in [6, 6.07) is 19.3. The van der Waals surface area contributed by atoms with Crippen LogP contribution in [0.4, 0.5) is 13.2 Å². The van der Waals surface area contributed by atoms with Crippen molar-refractivity contribution >= 4 is 0 Å². The van der Waals surface area contributed by atoms with Gasteiger partial charge in [0, 0.05) is 30.8 Å². The molecule has 7 heteroatoms. The molecule has 0 bridgehead atoms. The average Bonchev–Trinajstić information content (AvgIpc) is 3.33. The van der Waals surface area contributed by atoms with Gasteiger partial charge in [-0.05, 0) is 42.0 Å². The van der Waals surface area contributed by atoms with Crippen molar-refractivity contribution in [3.8, 4) is 11.1 Å². The van der Waals surface area contributed by atoms with Gasteiger partial charge in [0.15, 0.2) is 0 Å². The summed E-state index contributed by atoms with van der Waals surface area (Å²) in [5.41, 5.74) is -0.231. The second-order valence-electron chi connectivity index (χ2n) is 10.3. The standard InChI is InChI=1S/C29H31F3N2O2/c30-29(31,32)26(23-11-5-2-6-12-23)34-18-16-28(36,27(20-34)14-7-8-15-27)21-33-17-13-24(19-25(33)35)22-9-3-1-4-10-22/h1-6,9-13,17,19,26,36H,7-8,14-16,18,20-21H2/t26-,28-/m1/s1. The third kappa shape index (κ3) is 4.62. The first-order valence-corrected chi connectivity index (χ1v) is 12.5. The number of rotatable bonds is 5. The number of hydrogen-bond donors (Lipinski definition) is 1. The van der Waals surface area contributed by atoms with E-state index in [2.05, 4.69) is 0 Å². The molecule has 3 aromatic rings. The quantitative estimate of drug-likeness (QED) is 0.485. The predicted molar refractivity (Wildman–Crippen MR) is 133 cm³/mol. The van der Waals surface area contributed by atoms with Gasteiger partial charge >= 0.3 is 6.18 Å². The lowest BCUT2D eigenvalue weighted by atomic mass is 9.65. The molecule has 1 saturated carbocycles. The van der Waals surface area contributed by atoms with Crippen LogP contribution in [-0.4, -0.2) is 39.4 Å². The molecule has 1 N–H and O–H groups in total. The summed E-state index contributed by atoms with van der Waals surface area (Å²) in [5, 5.41) is 12.0. The van der Waals surface area contributed by atoms with E-state index in [1.54, 1.807) is 30.5 Å². The molecule has 2 atom stereocenters. The summed E-state index contributed by atoms with van der Waals surface area (Å²) >= 11 is 0. The molecular weight excluding hydrogens is 465 g/mol. The van der Waals surface area contributed by atoms with Gasteiger partial charge in [0.1, 0.15) is 6.04 Å². The smallest absolute Gasteiger partial charge is 0.387 e. The molecule has 0 unspecified atom stereocenters. The Bertz CT molecular complexity index is 1240. The molecule has 1 spiro atoms. The highest BCUT2D eigenvalue weighted by molar-refractivity contribution is 5.62. The summed E-state index contributed by atoms with van der Waals surface area (Å²) in [7, 11) is 0. The molecule has 1 aliphatic carbocycles. The Morgan fingerprint density at radius 2 is 1.53 bits per heavy atom. The molecule has 0 amide bonds. The molecule has 1 aromatic heterocycles. The summed E-state index contributed by atoms with van der Waals surface area (Å²) in [5.74, 6) is 0. The fourth-order valence-corrected chi connectivity index (χ4v) is 6.32. The molecule has 2 aliphatic rings. The molecule has 2 fully saturated rings. The van der Waals surface area contributed by atoms with Crippen LogP contribution in [-0.2, 0) is 6.54 Å². The zero-order chi connectivity index (χ0) is 25.4. The van der Waals surface area contributed by atoms with Crippen LogP contribution in [0.1, 0.15) is 43.7 Å². The van der Waals surface area contributed by atoms with E-state index < -0.39 is 23.2 Å². The van der Waals surface area contributed by atoms with Gasteiger partial charge < -0.3 is 9.67 Å². The van der Waals surface area contributed by atoms with Crippen molar-refractivity contribution < 1.29 is 18.3 Å². The van der Waals surface area contributed by atoms with Gasteiger partial charge in [0.25, 0.3) is 5.56 Å². The van der Waals surface area contributed by atoms with Crippen LogP contribution in [0.3, 0.4) is 0 Å². The van der Waals surface area contributed by atoms with Crippen molar-refractivity contribution in [2.45, 2.75) is 56.5 Å². The summed E-state index contributed by atoms with van der Waals surface area (Å²) in [6.45, 7) is 0.338. The number of benzene rings is 2. The van der Waals surface area contributed by atoms with E-state index in [1.165, 1.54) is 21.6 Å². The molecule has 1 saturated heterocycles. The maximum absolute atomic E-state index is 14.3. The Morgan fingerprint density at radius 3 is 2.14 bits per heavy atom. The first-order chi connectivity index (χ1) is 17.2. The highest BCUT2D eigenvalue weighted by atomic mass is 19.4. The van der Waals surface area contributed by atoms with E-state index in [1.807, 2.05) is 36.4 Å². The van der Waals surface area contributed by atoms with Crippen molar-refractivity contribution in [3.63, 3.8) is 0 Å². The number of pyridine rings is 1. The topological polar surface area (TPSA) is 45.5 Å². The van der Waals surface area contributed by atoms with E-state index in [4.69, 9.17) is 0 Å². The van der Waals surface area contributed by atoms with E-state index in [-0.39, 0.29) is 37.2 Å². The third-order valence-corrected chi connectivity index (χ3v) is 8.19. The number of aromatic nitrogens is 1. The zero-order valence-electron chi connectivity index (χ0n) is 20.1. The zero-order valence-corrected chi connectivity index (χ0v) is 20.1. The Morgan fingerprint density at radius 1 is 0.889 bits per heavy atom. The minimum absolute atomic E-state index is 0.0801. The maximum atomic E-state index is 14.3. The lowest BCUT2D eigenvalue weighted by Crippen LogP contribution is -2.62. The van der Waals surface area contributed by atoms with E-state index in [0.717, 1.165) is 24.0 Å². The van der Waals surface area contributed by atoms with Crippen LogP contribution in [0.15, 0.2) is 83.8 Å². The Hall–Kier alpha value is -2.90. The van der Waals surface area contributed by atoms with Crippen LogP contribution in [0.5, 0.6) is 0 Å². The lowest BCUT2D eigenvalue weighted by molar-refractivity contribution is -0.216. The minimum Gasteiger partial charge on any atom is -0.387 e. The molecular formula is C29H31F3N2O2. The SMILES string of the molecule is O=c1cc(-c2ccccc2)ccn1C[C@]1(O)CCN([C@H](c2ccccc2)C(F)(F)F)CC12CCCC2. The Labute approximate surface area is 209 Å². The van der Waals surface area contributed by atoms with Crippen LogP contribution in [0.25, 0.3) is 11.1 Å². The van der Waals surface area contributed by atoms with Crippen LogP contribution >= 0.6 is 0 Å². The minimum atomic E-state index is -4.43. The molecule has 2 heterocycles. The number of halogens is 3. The van der Waals surface area contributed by atoms with Crippen molar-refractivity contribution in [1.29, 1.82) is 0 Å². The van der Waals surface area contributed by atoms with Gasteiger partial charge in [0.2, 0.25) is 0 Å². The molecule has 5 rings (SSSR count). The van der Waals surface area contributed by atoms with Crippen molar-refractivity contribution in [1.82, 2.24) is 9.47 Å². The van der Waals surface area contributed by atoms with Crippen molar-refractivity contribution in [2.24, 2.45) is 5.41 Å². The van der Waals surface area contributed by atoms with Crippen molar-refractivity contribution in [2.75, 3.05) is 13.1 Å². The first-order valence-electron chi connectivity index (χ1n) is 12.5. The average molecular weight is 497 g/mol. The normalized spacial score (nSPS) is 23.1. The van der Waals surface area contributed by atoms with Gasteiger partial charge in [-0.1, -0.05) is 73.5 Å². The maximum Gasteiger partial charge on any atom is 0.408 e. The van der Waals surface area contributed by atoms with Gasteiger partial charge in [0.05, 0.1) is 12.1 Å². The van der Waals surface area contributed by atoms with Crippen LogP contribution in [0, 0.1) is 5.41 Å². The summed E-state index contributed by atoms with van der Waals surface area (Å²) < 4.78 is 44.4. The Kier molecular flexibility index (Phi) is 6.55. The number of alkyl halides is 3. The molecule has 1 aliphatic heterocycles. The molecule has 0 radical (unpaired) electrons. The molecule has 4 nitrogen and oxygen atoms in total. The first kappa shape index (κ1) is 24.8. The third-order valence-electron chi connectivity index (χ3n) is 8.19. The van der Waals surface area contributed by atoms with E-state index >= 15 is 0 Å². The fourth-order valence-electron chi connectivity index (χ4n) is 6.32.